The summed E-state index contributed by atoms with van der Waals surface area (Å²) in [4.78, 5) is 0. The summed E-state index contributed by atoms with van der Waals surface area (Å²) in [7, 11) is 5.42. The lowest BCUT2D eigenvalue weighted by molar-refractivity contribution is 0.366. The lowest BCUT2D eigenvalue weighted by atomic mass is 9.92. The molecule has 2 unspecified atom stereocenters. The number of benzene rings is 1. The molecule has 1 aromatic carbocycles. The average Bonchev–Trinajstić information content (AvgIpc) is 2.94. The Morgan fingerprint density at radius 1 is 1.33 bits per heavy atom. The van der Waals surface area contributed by atoms with Crippen LogP contribution in [0.25, 0.3) is 0 Å². The summed E-state index contributed by atoms with van der Waals surface area (Å²) in [5, 5.41) is 3.44. The maximum Gasteiger partial charge on any atom is 0.127 e. The van der Waals surface area contributed by atoms with Gasteiger partial charge in [-0.1, -0.05) is 6.07 Å². The van der Waals surface area contributed by atoms with Gasteiger partial charge in [0, 0.05) is 17.7 Å². The summed E-state index contributed by atoms with van der Waals surface area (Å²) in [6, 6.07) is 6.44. The predicted molar refractivity (Wildman–Crippen MR) is 76.8 cm³/mol. The van der Waals surface area contributed by atoms with Gasteiger partial charge >= 0.3 is 0 Å². The van der Waals surface area contributed by atoms with Gasteiger partial charge in [-0.2, -0.15) is 11.8 Å². The first-order valence-corrected chi connectivity index (χ1v) is 7.42. The van der Waals surface area contributed by atoms with Gasteiger partial charge in [-0.3, -0.25) is 0 Å². The molecule has 2 rings (SSSR count). The van der Waals surface area contributed by atoms with E-state index in [1.165, 1.54) is 23.5 Å². The highest BCUT2D eigenvalue weighted by molar-refractivity contribution is 7.99. The van der Waals surface area contributed by atoms with Gasteiger partial charge in [-0.05, 0) is 37.0 Å². The van der Waals surface area contributed by atoms with E-state index in [0.29, 0.717) is 12.0 Å². The van der Waals surface area contributed by atoms with Gasteiger partial charge < -0.3 is 14.8 Å². The molecule has 1 heterocycles. The maximum atomic E-state index is 5.50. The van der Waals surface area contributed by atoms with Crippen molar-refractivity contribution in [3.8, 4) is 11.5 Å². The van der Waals surface area contributed by atoms with Crippen LogP contribution in [0.2, 0.25) is 0 Å². The molecule has 0 bridgehead atoms. The van der Waals surface area contributed by atoms with E-state index >= 15 is 0 Å². The van der Waals surface area contributed by atoms with Crippen molar-refractivity contribution < 1.29 is 9.47 Å². The molecule has 0 aromatic heterocycles. The number of methoxy groups -OCH3 is 2. The first-order chi connectivity index (χ1) is 8.80. The maximum absolute atomic E-state index is 5.50. The van der Waals surface area contributed by atoms with Crippen LogP contribution in [0.3, 0.4) is 0 Å². The summed E-state index contributed by atoms with van der Waals surface area (Å²) in [5.41, 5.74) is 1.23. The first-order valence-electron chi connectivity index (χ1n) is 6.27. The molecule has 100 valence electrons. The van der Waals surface area contributed by atoms with Crippen LogP contribution in [-0.2, 0) is 0 Å². The third-order valence-electron chi connectivity index (χ3n) is 3.52. The minimum absolute atomic E-state index is 0.362. The topological polar surface area (TPSA) is 30.5 Å². The summed E-state index contributed by atoms with van der Waals surface area (Å²) < 4.78 is 10.7. The molecular weight excluding hydrogens is 246 g/mol. The van der Waals surface area contributed by atoms with E-state index in [-0.39, 0.29) is 0 Å². The number of thioether (sulfide) groups is 1. The molecule has 1 N–H and O–H groups in total. The molecule has 0 amide bonds. The van der Waals surface area contributed by atoms with Gasteiger partial charge in [-0.25, -0.2) is 0 Å². The third kappa shape index (κ3) is 2.75. The van der Waals surface area contributed by atoms with Crippen LogP contribution in [0, 0.1) is 5.92 Å². The molecule has 4 heteroatoms. The lowest BCUT2D eigenvalue weighted by Gasteiger charge is -2.25. The van der Waals surface area contributed by atoms with E-state index in [2.05, 4.69) is 11.4 Å². The van der Waals surface area contributed by atoms with E-state index in [4.69, 9.17) is 9.47 Å². The average molecular weight is 267 g/mol. The minimum Gasteiger partial charge on any atom is -0.497 e. The van der Waals surface area contributed by atoms with Gasteiger partial charge in [0.2, 0.25) is 0 Å². The lowest BCUT2D eigenvalue weighted by Crippen LogP contribution is -2.25. The van der Waals surface area contributed by atoms with E-state index in [0.717, 1.165) is 11.5 Å². The molecule has 0 radical (unpaired) electrons. The van der Waals surface area contributed by atoms with E-state index in [1.54, 1.807) is 14.2 Å². The largest absolute Gasteiger partial charge is 0.497 e. The fourth-order valence-corrected chi connectivity index (χ4v) is 3.83. The Hall–Kier alpha value is -0.870. The summed E-state index contributed by atoms with van der Waals surface area (Å²) in [5.74, 6) is 4.92. The quantitative estimate of drug-likeness (QED) is 0.888. The zero-order valence-electron chi connectivity index (χ0n) is 11.2. The van der Waals surface area contributed by atoms with Crippen LogP contribution in [0.15, 0.2) is 18.2 Å². The van der Waals surface area contributed by atoms with Gasteiger partial charge in [0.25, 0.3) is 0 Å². The number of nitrogens with one attached hydrogen (secondary N) is 1. The normalized spacial score (nSPS) is 20.7. The van der Waals surface area contributed by atoms with Crippen molar-refractivity contribution in [1.29, 1.82) is 0 Å². The van der Waals surface area contributed by atoms with Gasteiger partial charge in [0.1, 0.15) is 11.5 Å². The molecule has 0 saturated carbocycles. The molecule has 1 aliphatic rings. The van der Waals surface area contributed by atoms with E-state index in [1.807, 2.05) is 30.9 Å². The summed E-state index contributed by atoms with van der Waals surface area (Å²) in [6.07, 6.45) is 1.27. The second-order valence-corrected chi connectivity index (χ2v) is 5.65. The Bertz CT molecular complexity index is 391. The molecule has 0 aliphatic carbocycles. The third-order valence-corrected chi connectivity index (χ3v) is 4.71. The van der Waals surface area contributed by atoms with Crippen molar-refractivity contribution in [1.82, 2.24) is 5.32 Å². The van der Waals surface area contributed by atoms with Crippen molar-refractivity contribution in [2.45, 2.75) is 12.5 Å². The monoisotopic (exact) mass is 267 g/mol. The molecule has 1 aliphatic heterocycles. The van der Waals surface area contributed by atoms with Gasteiger partial charge in [-0.15, -0.1) is 0 Å². The van der Waals surface area contributed by atoms with Gasteiger partial charge in [0.05, 0.1) is 14.2 Å². The molecule has 1 aromatic rings. The molecule has 1 fully saturated rings. The van der Waals surface area contributed by atoms with Crippen molar-refractivity contribution in [2.24, 2.45) is 5.92 Å². The summed E-state index contributed by atoms with van der Waals surface area (Å²) in [6.45, 7) is 0. The molecule has 1 saturated heterocycles. The zero-order chi connectivity index (χ0) is 13.0. The highest BCUT2D eigenvalue weighted by atomic mass is 32.2. The molecule has 18 heavy (non-hydrogen) atoms. The Morgan fingerprint density at radius 3 is 2.72 bits per heavy atom. The first kappa shape index (κ1) is 13.6. The highest BCUT2D eigenvalue weighted by Gasteiger charge is 2.27. The molecule has 3 nitrogen and oxygen atoms in total. The minimum atomic E-state index is 0.362. The second kappa shape index (κ2) is 6.34. The Morgan fingerprint density at radius 2 is 2.17 bits per heavy atom. The molecule has 2 atom stereocenters. The van der Waals surface area contributed by atoms with Crippen LogP contribution in [0.1, 0.15) is 18.0 Å². The number of hydrogen-bond acceptors (Lipinski definition) is 4. The predicted octanol–water partition coefficient (Wildman–Crippen LogP) is 2.72. The number of rotatable bonds is 5. The van der Waals surface area contributed by atoms with Crippen LogP contribution in [0.4, 0.5) is 0 Å². The van der Waals surface area contributed by atoms with Crippen LogP contribution in [-0.4, -0.2) is 32.8 Å². The van der Waals surface area contributed by atoms with Crippen molar-refractivity contribution in [2.75, 3.05) is 32.8 Å². The van der Waals surface area contributed by atoms with Crippen molar-refractivity contribution in [3.05, 3.63) is 23.8 Å². The molecular formula is C14H21NO2S. The van der Waals surface area contributed by atoms with Crippen molar-refractivity contribution in [3.63, 3.8) is 0 Å². The van der Waals surface area contributed by atoms with Crippen LogP contribution >= 0.6 is 11.8 Å². The zero-order valence-corrected chi connectivity index (χ0v) is 12.0. The Balaban J connectivity index is 2.28. The SMILES string of the molecule is CNC(c1ccc(OC)cc1OC)C1CCSC1. The van der Waals surface area contributed by atoms with Gasteiger partial charge in [0.15, 0.2) is 0 Å². The number of hydrogen-bond donors (Lipinski definition) is 1. The standard InChI is InChI=1S/C14H21NO2S/c1-15-14(10-6-7-18-9-10)12-5-4-11(16-2)8-13(12)17-3/h4-5,8,10,14-15H,6-7,9H2,1-3H3. The Kier molecular flexibility index (Phi) is 4.78. The highest BCUT2D eigenvalue weighted by Crippen LogP contribution is 2.38. The number of ether oxygens (including phenoxy) is 2. The van der Waals surface area contributed by atoms with Crippen molar-refractivity contribution >= 4 is 11.8 Å². The van der Waals surface area contributed by atoms with E-state index in [9.17, 15) is 0 Å². The fourth-order valence-electron chi connectivity index (χ4n) is 2.54. The fraction of sp³-hybridized carbons (Fsp3) is 0.571. The van der Waals surface area contributed by atoms with Crippen LogP contribution in [0.5, 0.6) is 11.5 Å². The second-order valence-electron chi connectivity index (χ2n) is 4.50. The Labute approximate surface area is 113 Å². The molecule has 0 spiro atoms. The smallest absolute Gasteiger partial charge is 0.127 e. The summed E-state index contributed by atoms with van der Waals surface area (Å²) >= 11 is 2.04. The van der Waals surface area contributed by atoms with E-state index < -0.39 is 0 Å². The van der Waals surface area contributed by atoms with Crippen LogP contribution < -0.4 is 14.8 Å².